The number of nitrogens with zero attached hydrogens (tertiary/aromatic N) is 1. The van der Waals surface area contributed by atoms with Gasteiger partial charge in [-0.3, -0.25) is 4.98 Å². The van der Waals surface area contributed by atoms with E-state index in [4.69, 9.17) is 0 Å². The van der Waals surface area contributed by atoms with Gasteiger partial charge in [-0.25, -0.2) is 4.79 Å². The van der Waals surface area contributed by atoms with Crippen LogP contribution in [0.2, 0.25) is 0 Å². The van der Waals surface area contributed by atoms with E-state index in [0.717, 1.165) is 28.1 Å². The predicted molar refractivity (Wildman–Crippen MR) is 113 cm³/mol. The van der Waals surface area contributed by atoms with Gasteiger partial charge in [-0.1, -0.05) is 36.4 Å². The number of aromatic nitrogens is 2. The highest BCUT2D eigenvalue weighted by Gasteiger charge is 2.33. The molecule has 4 aromatic rings. The molecule has 0 radical (unpaired) electrons. The Hall–Kier alpha value is -3.81. The largest absolute Gasteiger partial charge is 0.418 e. The topological polar surface area (TPSA) is 69.8 Å². The quantitative estimate of drug-likeness (QED) is 0.394. The smallest absolute Gasteiger partial charge is 0.361 e. The first-order valence-corrected chi connectivity index (χ1v) is 9.60. The van der Waals surface area contributed by atoms with Crippen molar-refractivity contribution in [1.29, 1.82) is 0 Å². The van der Waals surface area contributed by atoms with Gasteiger partial charge >= 0.3 is 12.2 Å². The fourth-order valence-electron chi connectivity index (χ4n) is 3.57. The van der Waals surface area contributed by atoms with E-state index in [9.17, 15) is 18.0 Å². The number of carbonyl (C=O) groups excluding carboxylic acids is 1. The first-order chi connectivity index (χ1) is 14.9. The van der Waals surface area contributed by atoms with Crippen LogP contribution in [0.5, 0.6) is 0 Å². The number of rotatable bonds is 5. The fraction of sp³-hybridized carbons (Fsp3) is 0.130. The van der Waals surface area contributed by atoms with E-state index in [2.05, 4.69) is 20.6 Å². The number of urea groups is 1. The van der Waals surface area contributed by atoms with Gasteiger partial charge in [0.25, 0.3) is 0 Å². The van der Waals surface area contributed by atoms with Gasteiger partial charge in [0.1, 0.15) is 0 Å². The molecule has 0 aliphatic rings. The molecule has 2 aromatic heterocycles. The van der Waals surface area contributed by atoms with Crippen molar-refractivity contribution < 1.29 is 18.0 Å². The molecule has 4 rings (SSSR count). The minimum Gasteiger partial charge on any atom is -0.361 e. The summed E-state index contributed by atoms with van der Waals surface area (Å²) in [5.41, 5.74) is 1.60. The maximum absolute atomic E-state index is 13.2. The zero-order valence-electron chi connectivity index (χ0n) is 16.3. The molecule has 0 fully saturated rings. The Kier molecular flexibility index (Phi) is 5.62. The number of nitrogens with one attached hydrogen (secondary N) is 3. The highest BCUT2D eigenvalue weighted by Crippen LogP contribution is 2.34. The number of hydrogen-bond acceptors (Lipinski definition) is 2. The Morgan fingerprint density at radius 1 is 1.03 bits per heavy atom. The number of pyridine rings is 1. The number of amides is 2. The van der Waals surface area contributed by atoms with E-state index in [1.165, 1.54) is 18.2 Å². The molecule has 3 N–H and O–H groups in total. The third-order valence-electron chi connectivity index (χ3n) is 5.03. The van der Waals surface area contributed by atoms with Crippen molar-refractivity contribution in [2.75, 3.05) is 11.9 Å². The summed E-state index contributed by atoms with van der Waals surface area (Å²) >= 11 is 0. The monoisotopic (exact) mass is 424 g/mol. The number of hydrogen-bond donors (Lipinski definition) is 3. The van der Waals surface area contributed by atoms with Gasteiger partial charge in [0.05, 0.1) is 11.3 Å². The van der Waals surface area contributed by atoms with Crippen molar-refractivity contribution in [3.05, 3.63) is 95.9 Å². The second-order valence-electron chi connectivity index (χ2n) is 7.01. The Labute approximate surface area is 176 Å². The summed E-state index contributed by atoms with van der Waals surface area (Å²) in [7, 11) is 0. The number of benzene rings is 2. The molecular formula is C23H19F3N4O. The molecule has 0 unspecified atom stereocenters. The summed E-state index contributed by atoms with van der Waals surface area (Å²) < 4.78 is 39.6. The molecule has 158 valence electrons. The number of carbonyl (C=O) groups is 1. The zero-order chi connectivity index (χ0) is 21.8. The molecule has 0 saturated carbocycles. The highest BCUT2D eigenvalue weighted by molar-refractivity contribution is 5.90. The number of halogens is 3. The minimum atomic E-state index is -4.56. The minimum absolute atomic E-state index is 0.174. The summed E-state index contributed by atoms with van der Waals surface area (Å²) in [4.78, 5) is 19.8. The molecule has 2 heterocycles. The average Bonchev–Trinajstić information content (AvgIpc) is 3.18. The van der Waals surface area contributed by atoms with Crippen LogP contribution in [0.4, 0.5) is 23.7 Å². The lowest BCUT2D eigenvalue weighted by Crippen LogP contribution is -2.33. The van der Waals surface area contributed by atoms with Crippen molar-refractivity contribution in [3.63, 3.8) is 0 Å². The fourth-order valence-corrected chi connectivity index (χ4v) is 3.57. The van der Waals surface area contributed by atoms with Gasteiger partial charge in [0, 0.05) is 42.0 Å². The van der Waals surface area contributed by atoms with Crippen molar-refractivity contribution in [2.24, 2.45) is 0 Å². The lowest BCUT2D eigenvalue weighted by Gasteiger charge is -2.19. The standard InChI is InChI=1S/C23H19F3N4O/c24-23(25,26)19-8-2-4-10-21(19)30-22(31)29-13-17(15-6-5-11-27-12-15)18-14-28-20-9-3-1-7-16(18)20/h1-12,14,17,28H,13H2,(H2,29,30,31)/t17-/m1/s1. The van der Waals surface area contributed by atoms with Gasteiger partial charge in [-0.2, -0.15) is 13.2 Å². The van der Waals surface area contributed by atoms with Crippen LogP contribution in [-0.2, 0) is 6.18 Å². The molecule has 2 aromatic carbocycles. The van der Waals surface area contributed by atoms with Crippen LogP contribution in [0, 0.1) is 0 Å². The van der Waals surface area contributed by atoms with Crippen molar-refractivity contribution in [2.45, 2.75) is 12.1 Å². The van der Waals surface area contributed by atoms with Crippen LogP contribution in [0.1, 0.15) is 22.6 Å². The van der Waals surface area contributed by atoms with E-state index >= 15 is 0 Å². The molecule has 0 aliphatic heterocycles. The molecule has 31 heavy (non-hydrogen) atoms. The summed E-state index contributed by atoms with van der Waals surface area (Å²) in [5, 5.41) is 6.02. The Morgan fingerprint density at radius 2 is 1.81 bits per heavy atom. The highest BCUT2D eigenvalue weighted by atomic mass is 19.4. The van der Waals surface area contributed by atoms with Gasteiger partial charge < -0.3 is 15.6 Å². The van der Waals surface area contributed by atoms with Crippen molar-refractivity contribution in [1.82, 2.24) is 15.3 Å². The van der Waals surface area contributed by atoms with E-state index in [1.54, 1.807) is 18.5 Å². The molecule has 0 saturated heterocycles. The van der Waals surface area contributed by atoms with E-state index in [-0.39, 0.29) is 18.2 Å². The summed E-state index contributed by atoms with van der Waals surface area (Å²) in [6, 6.07) is 15.6. The van der Waals surface area contributed by atoms with Gasteiger partial charge in [0.2, 0.25) is 0 Å². The second kappa shape index (κ2) is 8.51. The normalized spacial score (nSPS) is 12.5. The van der Waals surface area contributed by atoms with E-state index in [1.807, 2.05) is 36.5 Å². The Balaban J connectivity index is 1.56. The maximum Gasteiger partial charge on any atom is 0.418 e. The van der Waals surface area contributed by atoms with Gasteiger partial charge in [0.15, 0.2) is 0 Å². The molecule has 1 atom stereocenters. The molecular weight excluding hydrogens is 405 g/mol. The number of para-hydroxylation sites is 2. The van der Waals surface area contributed by atoms with E-state index in [0.29, 0.717) is 0 Å². The summed E-state index contributed by atoms with van der Waals surface area (Å²) in [6.07, 6.45) is 0.683. The lowest BCUT2D eigenvalue weighted by molar-refractivity contribution is -0.136. The number of alkyl halides is 3. The Morgan fingerprint density at radius 3 is 2.58 bits per heavy atom. The lowest BCUT2D eigenvalue weighted by atomic mass is 9.92. The number of aromatic amines is 1. The third-order valence-corrected chi connectivity index (χ3v) is 5.03. The Bertz CT molecular complexity index is 1190. The molecule has 0 bridgehead atoms. The molecule has 5 nitrogen and oxygen atoms in total. The number of fused-ring (bicyclic) bond motifs is 1. The first kappa shape index (κ1) is 20.5. The van der Waals surface area contributed by atoms with Gasteiger partial charge in [-0.05, 0) is 35.4 Å². The van der Waals surface area contributed by atoms with Crippen LogP contribution in [0.3, 0.4) is 0 Å². The van der Waals surface area contributed by atoms with Crippen molar-refractivity contribution >= 4 is 22.6 Å². The van der Waals surface area contributed by atoms with Crippen LogP contribution < -0.4 is 10.6 Å². The van der Waals surface area contributed by atoms with E-state index < -0.39 is 17.8 Å². The van der Waals surface area contributed by atoms with Crippen LogP contribution in [0.25, 0.3) is 10.9 Å². The van der Waals surface area contributed by atoms with Gasteiger partial charge in [-0.15, -0.1) is 0 Å². The molecule has 8 heteroatoms. The molecule has 0 spiro atoms. The zero-order valence-corrected chi connectivity index (χ0v) is 16.3. The average molecular weight is 424 g/mol. The second-order valence-corrected chi connectivity index (χ2v) is 7.01. The third kappa shape index (κ3) is 4.53. The van der Waals surface area contributed by atoms with Crippen LogP contribution >= 0.6 is 0 Å². The number of anilines is 1. The maximum atomic E-state index is 13.2. The summed E-state index contributed by atoms with van der Waals surface area (Å²) in [5.74, 6) is -0.242. The first-order valence-electron chi connectivity index (χ1n) is 9.60. The molecule has 2 amide bonds. The van der Waals surface area contributed by atoms with Crippen LogP contribution in [-0.4, -0.2) is 22.5 Å². The SMILES string of the molecule is O=C(NC[C@H](c1cccnc1)c1c[nH]c2ccccc12)Nc1ccccc1C(F)(F)F. The number of H-pyrrole nitrogens is 1. The predicted octanol–water partition coefficient (Wildman–Crippen LogP) is 5.54. The summed E-state index contributed by atoms with van der Waals surface area (Å²) in [6.45, 7) is 0.174. The van der Waals surface area contributed by atoms with Crippen LogP contribution in [0.15, 0.2) is 79.3 Å². The molecule has 0 aliphatic carbocycles. The van der Waals surface area contributed by atoms with Crippen molar-refractivity contribution in [3.8, 4) is 0 Å².